The van der Waals surface area contributed by atoms with Gasteiger partial charge in [0.25, 0.3) is 0 Å². The highest BCUT2D eigenvalue weighted by Crippen LogP contribution is 2.34. The smallest absolute Gasteiger partial charge is 0.425 e. The van der Waals surface area contributed by atoms with Crippen LogP contribution in [0.15, 0.2) is 60.9 Å². The summed E-state index contributed by atoms with van der Waals surface area (Å²) in [7, 11) is 6.12. The Morgan fingerprint density at radius 1 is 0.738 bits per heavy atom. The molecular formula is C32H40N8O2. The molecule has 10 heteroatoms. The lowest BCUT2D eigenvalue weighted by Crippen LogP contribution is -2.43. The molecule has 0 aliphatic carbocycles. The fraction of sp³-hybridized carbons (Fsp3) is 0.406. The van der Waals surface area contributed by atoms with Crippen molar-refractivity contribution in [2.45, 2.75) is 51.3 Å². The number of amides is 1. The van der Waals surface area contributed by atoms with E-state index in [-0.39, 0.29) is 18.2 Å². The van der Waals surface area contributed by atoms with E-state index < -0.39 is 5.60 Å². The highest BCUT2D eigenvalue weighted by Gasteiger charge is 2.38. The molecule has 2 aliphatic heterocycles. The van der Waals surface area contributed by atoms with Crippen molar-refractivity contribution in [1.29, 1.82) is 0 Å². The van der Waals surface area contributed by atoms with Crippen LogP contribution in [-0.4, -0.2) is 85.9 Å². The van der Waals surface area contributed by atoms with Crippen molar-refractivity contribution in [2.24, 2.45) is 0 Å². The van der Waals surface area contributed by atoms with E-state index in [1.807, 2.05) is 45.2 Å². The topological polar surface area (TPSA) is 96.6 Å². The molecule has 2 aromatic heterocycles. The van der Waals surface area contributed by atoms with Crippen molar-refractivity contribution in [2.75, 3.05) is 34.2 Å². The second-order valence-corrected chi connectivity index (χ2v) is 12.3. The lowest BCUT2D eigenvalue weighted by Gasteiger charge is -2.31. The SMILES string of the molecule is CN1CCC(c2ncc(-c3ccc(-c4ccc(-c5cnc(C6CCN(C)N6C(=O)OC(C)(C)C)[nH]5)cc4)cc3)[nH]2)N1C. The van der Waals surface area contributed by atoms with E-state index in [9.17, 15) is 4.79 Å². The van der Waals surface area contributed by atoms with E-state index >= 15 is 0 Å². The molecule has 0 spiro atoms. The van der Waals surface area contributed by atoms with Gasteiger partial charge in [-0.3, -0.25) is 0 Å². The minimum absolute atomic E-state index is 0.192. The average molecular weight is 569 g/mol. The van der Waals surface area contributed by atoms with E-state index in [2.05, 4.69) is 92.6 Å². The fourth-order valence-corrected chi connectivity index (χ4v) is 5.80. The van der Waals surface area contributed by atoms with E-state index in [0.29, 0.717) is 0 Å². The van der Waals surface area contributed by atoms with Gasteiger partial charge in [-0.25, -0.2) is 34.8 Å². The second-order valence-electron chi connectivity index (χ2n) is 12.3. The number of hydrogen-bond acceptors (Lipinski definition) is 7. The first-order valence-electron chi connectivity index (χ1n) is 14.6. The van der Waals surface area contributed by atoms with Crippen LogP contribution in [0.5, 0.6) is 0 Å². The van der Waals surface area contributed by atoms with Gasteiger partial charge < -0.3 is 14.7 Å². The first-order valence-corrected chi connectivity index (χ1v) is 14.6. The molecule has 4 aromatic rings. The molecule has 2 aromatic carbocycles. The number of aromatic amines is 2. The zero-order valence-electron chi connectivity index (χ0n) is 25.3. The van der Waals surface area contributed by atoms with Crippen LogP contribution in [-0.2, 0) is 4.74 Å². The van der Waals surface area contributed by atoms with Crippen molar-refractivity contribution in [3.05, 3.63) is 72.6 Å². The molecule has 220 valence electrons. The zero-order valence-corrected chi connectivity index (χ0v) is 25.3. The van der Waals surface area contributed by atoms with Crippen LogP contribution in [0.3, 0.4) is 0 Å². The van der Waals surface area contributed by atoms with Crippen LogP contribution < -0.4 is 0 Å². The van der Waals surface area contributed by atoms with Gasteiger partial charge in [-0.15, -0.1) is 0 Å². The third kappa shape index (κ3) is 5.57. The Bertz CT molecular complexity index is 1540. The zero-order chi connectivity index (χ0) is 29.6. The van der Waals surface area contributed by atoms with Crippen LogP contribution >= 0.6 is 0 Å². The standard InChI is InChI=1S/C32H40N8O2/c1-32(2,3)42-31(41)40-28(16-18-38(40)5)30-34-20-26(36-30)24-13-9-22(10-14-24)21-7-11-23(12-8-21)25-19-33-29(35-25)27-15-17-37(4)39(27)6/h7-14,19-20,27-28H,15-18H2,1-6H3,(H,33,35)(H,34,36). The van der Waals surface area contributed by atoms with Gasteiger partial charge in [0.1, 0.15) is 23.3 Å². The summed E-state index contributed by atoms with van der Waals surface area (Å²) in [6, 6.07) is 17.1. The average Bonchev–Trinajstić information content (AvgIpc) is 3.76. The molecule has 0 radical (unpaired) electrons. The van der Waals surface area contributed by atoms with Gasteiger partial charge in [0, 0.05) is 34.2 Å². The summed E-state index contributed by atoms with van der Waals surface area (Å²) in [5, 5.41) is 8.04. The summed E-state index contributed by atoms with van der Waals surface area (Å²) in [5.41, 5.74) is 5.83. The molecular weight excluding hydrogens is 528 g/mol. The van der Waals surface area contributed by atoms with Crippen molar-refractivity contribution in [3.63, 3.8) is 0 Å². The number of hydrogen-bond donors (Lipinski definition) is 2. The monoisotopic (exact) mass is 568 g/mol. The summed E-state index contributed by atoms with van der Waals surface area (Å²) in [5.74, 6) is 1.77. The largest absolute Gasteiger partial charge is 0.443 e. The second kappa shape index (κ2) is 11.0. The van der Waals surface area contributed by atoms with Crippen molar-refractivity contribution >= 4 is 6.09 Å². The van der Waals surface area contributed by atoms with Crippen molar-refractivity contribution in [1.82, 2.24) is 40.0 Å². The molecule has 2 unspecified atom stereocenters. The Hall–Kier alpha value is -3.99. The van der Waals surface area contributed by atoms with Crippen LogP contribution in [0.25, 0.3) is 33.6 Å². The minimum atomic E-state index is -0.562. The Balaban J connectivity index is 1.14. The maximum absolute atomic E-state index is 12.9. The van der Waals surface area contributed by atoms with Gasteiger partial charge in [0.05, 0.1) is 29.8 Å². The number of imidazole rings is 2. The van der Waals surface area contributed by atoms with Crippen LogP contribution in [0.4, 0.5) is 4.79 Å². The fourth-order valence-electron chi connectivity index (χ4n) is 5.80. The summed E-state index contributed by atoms with van der Waals surface area (Å²) >= 11 is 0. The van der Waals surface area contributed by atoms with E-state index in [0.717, 1.165) is 71.2 Å². The molecule has 2 aliphatic rings. The third-order valence-electron chi connectivity index (χ3n) is 8.23. The summed E-state index contributed by atoms with van der Waals surface area (Å²) in [6.45, 7) is 7.43. The van der Waals surface area contributed by atoms with Crippen LogP contribution in [0.2, 0.25) is 0 Å². The van der Waals surface area contributed by atoms with E-state index in [1.54, 1.807) is 5.01 Å². The molecule has 2 fully saturated rings. The molecule has 42 heavy (non-hydrogen) atoms. The third-order valence-corrected chi connectivity index (χ3v) is 8.23. The Labute approximate surface area is 247 Å². The number of rotatable bonds is 5. The lowest BCUT2D eigenvalue weighted by molar-refractivity contribution is -0.0318. The first-order chi connectivity index (χ1) is 20.1. The number of hydrazine groups is 2. The number of carbonyl (C=O) groups is 1. The number of H-pyrrole nitrogens is 2. The molecule has 2 N–H and O–H groups in total. The number of carbonyl (C=O) groups excluding carboxylic acids is 1. The Morgan fingerprint density at radius 2 is 1.19 bits per heavy atom. The van der Waals surface area contributed by atoms with Crippen molar-refractivity contribution < 1.29 is 9.53 Å². The molecule has 2 atom stereocenters. The highest BCUT2D eigenvalue weighted by atomic mass is 16.6. The molecule has 0 bridgehead atoms. The number of nitrogens with one attached hydrogen (secondary N) is 2. The summed E-state index contributed by atoms with van der Waals surface area (Å²) in [4.78, 5) is 29.2. The van der Waals surface area contributed by atoms with Gasteiger partial charge in [-0.05, 0) is 55.9 Å². The summed E-state index contributed by atoms with van der Waals surface area (Å²) < 4.78 is 5.65. The van der Waals surface area contributed by atoms with Crippen LogP contribution in [0, 0.1) is 0 Å². The predicted octanol–water partition coefficient (Wildman–Crippen LogP) is 5.89. The minimum Gasteiger partial charge on any atom is -0.443 e. The van der Waals surface area contributed by atoms with Gasteiger partial charge in [0.2, 0.25) is 0 Å². The molecule has 0 saturated carbocycles. The predicted molar refractivity (Wildman–Crippen MR) is 163 cm³/mol. The van der Waals surface area contributed by atoms with Gasteiger partial charge in [-0.2, -0.15) is 0 Å². The number of benzene rings is 2. The van der Waals surface area contributed by atoms with Gasteiger partial charge in [0.15, 0.2) is 0 Å². The molecule has 6 rings (SSSR count). The molecule has 10 nitrogen and oxygen atoms in total. The van der Waals surface area contributed by atoms with E-state index in [1.165, 1.54) is 0 Å². The molecule has 4 heterocycles. The number of aromatic nitrogens is 4. The first kappa shape index (κ1) is 28.1. The van der Waals surface area contributed by atoms with Crippen LogP contribution in [0.1, 0.15) is 57.3 Å². The van der Waals surface area contributed by atoms with E-state index in [4.69, 9.17) is 4.74 Å². The van der Waals surface area contributed by atoms with Crippen molar-refractivity contribution in [3.8, 4) is 33.6 Å². The normalized spacial score (nSPS) is 20.5. The highest BCUT2D eigenvalue weighted by molar-refractivity contribution is 5.72. The summed E-state index contributed by atoms with van der Waals surface area (Å²) in [6.07, 6.45) is 5.26. The Kier molecular flexibility index (Phi) is 7.38. The Morgan fingerprint density at radius 3 is 1.67 bits per heavy atom. The number of ether oxygens (including phenoxy) is 1. The maximum atomic E-state index is 12.9. The molecule has 1 amide bonds. The quantitative estimate of drug-likeness (QED) is 0.310. The number of nitrogens with zero attached hydrogens (tertiary/aromatic N) is 6. The van der Waals surface area contributed by atoms with Gasteiger partial charge >= 0.3 is 6.09 Å². The lowest BCUT2D eigenvalue weighted by atomic mass is 10.0. The molecule has 2 saturated heterocycles. The van der Waals surface area contributed by atoms with Gasteiger partial charge in [-0.1, -0.05) is 48.5 Å². The maximum Gasteiger partial charge on any atom is 0.425 e.